The van der Waals surface area contributed by atoms with Crippen LogP contribution in [-0.4, -0.2) is 25.4 Å². The van der Waals surface area contributed by atoms with Crippen molar-refractivity contribution in [2.75, 3.05) is 30.7 Å². The Labute approximate surface area is 102 Å². The standard InChI is InChI=1S/C13H20N2S/c1-2-16-13-5-3-12(4-6-13)15-10-11-7-8-14-9-11/h3-6,11,14-15H,2,7-10H2,1H3. The quantitative estimate of drug-likeness (QED) is 0.769. The van der Waals surface area contributed by atoms with Gasteiger partial charge in [0.05, 0.1) is 0 Å². The van der Waals surface area contributed by atoms with E-state index in [9.17, 15) is 0 Å². The second-order valence-electron chi connectivity index (χ2n) is 4.20. The molecule has 16 heavy (non-hydrogen) atoms. The van der Waals surface area contributed by atoms with Gasteiger partial charge in [-0.3, -0.25) is 0 Å². The lowest BCUT2D eigenvalue weighted by atomic mass is 10.1. The van der Waals surface area contributed by atoms with Gasteiger partial charge in [0.15, 0.2) is 0 Å². The molecule has 1 aromatic carbocycles. The molecule has 1 heterocycles. The van der Waals surface area contributed by atoms with Gasteiger partial charge in [-0.25, -0.2) is 0 Å². The molecule has 1 aliphatic rings. The fourth-order valence-electron chi connectivity index (χ4n) is 1.99. The molecule has 0 radical (unpaired) electrons. The highest BCUT2D eigenvalue weighted by atomic mass is 32.2. The Kier molecular flexibility index (Phi) is 4.55. The normalized spacial score (nSPS) is 19.9. The summed E-state index contributed by atoms with van der Waals surface area (Å²) in [6, 6.07) is 8.76. The Morgan fingerprint density at radius 1 is 1.38 bits per heavy atom. The van der Waals surface area contributed by atoms with E-state index in [1.54, 1.807) is 0 Å². The van der Waals surface area contributed by atoms with Crippen LogP contribution >= 0.6 is 11.8 Å². The third-order valence-electron chi connectivity index (χ3n) is 2.92. The average Bonchev–Trinajstić information content (AvgIpc) is 2.82. The van der Waals surface area contributed by atoms with Crippen molar-refractivity contribution in [3.8, 4) is 0 Å². The number of benzene rings is 1. The molecule has 0 spiro atoms. The average molecular weight is 236 g/mol. The summed E-state index contributed by atoms with van der Waals surface area (Å²) >= 11 is 1.89. The SMILES string of the molecule is CCSc1ccc(NCC2CCNC2)cc1. The molecule has 1 aromatic rings. The second kappa shape index (κ2) is 6.16. The van der Waals surface area contributed by atoms with Crippen molar-refractivity contribution in [2.24, 2.45) is 5.92 Å². The van der Waals surface area contributed by atoms with Crippen molar-refractivity contribution >= 4 is 17.4 Å². The molecule has 1 atom stereocenters. The molecule has 2 nitrogen and oxygen atoms in total. The molecule has 0 saturated carbocycles. The van der Waals surface area contributed by atoms with Gasteiger partial charge in [-0.2, -0.15) is 0 Å². The Hall–Kier alpha value is -0.670. The molecular weight excluding hydrogens is 216 g/mol. The maximum atomic E-state index is 3.51. The first-order valence-corrected chi connectivity index (χ1v) is 7.04. The van der Waals surface area contributed by atoms with Crippen molar-refractivity contribution in [3.63, 3.8) is 0 Å². The van der Waals surface area contributed by atoms with Crippen LogP contribution in [-0.2, 0) is 0 Å². The number of hydrogen-bond acceptors (Lipinski definition) is 3. The minimum Gasteiger partial charge on any atom is -0.385 e. The molecule has 2 rings (SSSR count). The molecule has 88 valence electrons. The van der Waals surface area contributed by atoms with Crippen LogP contribution in [0.15, 0.2) is 29.2 Å². The van der Waals surface area contributed by atoms with Gasteiger partial charge in [0.2, 0.25) is 0 Å². The number of rotatable bonds is 5. The van der Waals surface area contributed by atoms with Crippen molar-refractivity contribution in [3.05, 3.63) is 24.3 Å². The third-order valence-corrected chi connectivity index (χ3v) is 3.82. The monoisotopic (exact) mass is 236 g/mol. The molecule has 0 aromatic heterocycles. The van der Waals surface area contributed by atoms with Gasteiger partial charge in [-0.05, 0) is 55.4 Å². The lowest BCUT2D eigenvalue weighted by molar-refractivity contribution is 0.615. The van der Waals surface area contributed by atoms with Crippen LogP contribution in [0, 0.1) is 5.92 Å². The van der Waals surface area contributed by atoms with E-state index in [4.69, 9.17) is 0 Å². The lowest BCUT2D eigenvalue weighted by Gasteiger charge is -2.11. The molecule has 2 N–H and O–H groups in total. The van der Waals surface area contributed by atoms with E-state index in [0.29, 0.717) is 0 Å². The summed E-state index contributed by atoms with van der Waals surface area (Å²) in [5, 5.41) is 6.90. The van der Waals surface area contributed by atoms with Crippen LogP contribution in [0.2, 0.25) is 0 Å². The number of hydrogen-bond donors (Lipinski definition) is 2. The molecule has 1 saturated heterocycles. The fourth-order valence-corrected chi connectivity index (χ4v) is 2.65. The van der Waals surface area contributed by atoms with Crippen LogP contribution < -0.4 is 10.6 Å². The lowest BCUT2D eigenvalue weighted by Crippen LogP contribution is -2.17. The predicted molar refractivity (Wildman–Crippen MR) is 72.3 cm³/mol. The molecule has 0 aliphatic carbocycles. The summed E-state index contributed by atoms with van der Waals surface area (Å²) in [6.45, 7) is 5.62. The number of thioether (sulfide) groups is 1. The van der Waals surface area contributed by atoms with Crippen LogP contribution in [0.5, 0.6) is 0 Å². The highest BCUT2D eigenvalue weighted by Gasteiger charge is 2.13. The maximum Gasteiger partial charge on any atom is 0.0341 e. The van der Waals surface area contributed by atoms with E-state index in [1.807, 2.05) is 11.8 Å². The largest absolute Gasteiger partial charge is 0.385 e. The Morgan fingerprint density at radius 3 is 2.81 bits per heavy atom. The minimum atomic E-state index is 0.796. The molecule has 0 amide bonds. The van der Waals surface area contributed by atoms with E-state index in [-0.39, 0.29) is 0 Å². The van der Waals surface area contributed by atoms with Crippen molar-refractivity contribution in [1.29, 1.82) is 0 Å². The fraction of sp³-hybridized carbons (Fsp3) is 0.538. The van der Waals surface area contributed by atoms with E-state index >= 15 is 0 Å². The summed E-state index contributed by atoms with van der Waals surface area (Å²) in [6.07, 6.45) is 1.30. The van der Waals surface area contributed by atoms with E-state index in [2.05, 4.69) is 41.8 Å². The first-order chi connectivity index (χ1) is 7.88. The summed E-state index contributed by atoms with van der Waals surface area (Å²) in [5.41, 5.74) is 1.24. The third kappa shape index (κ3) is 3.42. The molecule has 1 aliphatic heterocycles. The number of nitrogens with one attached hydrogen (secondary N) is 2. The van der Waals surface area contributed by atoms with Gasteiger partial charge in [-0.15, -0.1) is 11.8 Å². The Morgan fingerprint density at radius 2 is 2.19 bits per heavy atom. The second-order valence-corrected chi connectivity index (χ2v) is 5.53. The zero-order chi connectivity index (χ0) is 11.2. The molecule has 3 heteroatoms. The Balaban J connectivity index is 1.80. The maximum absolute atomic E-state index is 3.51. The van der Waals surface area contributed by atoms with Crippen LogP contribution in [0.4, 0.5) is 5.69 Å². The van der Waals surface area contributed by atoms with Crippen molar-refractivity contribution in [2.45, 2.75) is 18.2 Å². The smallest absolute Gasteiger partial charge is 0.0341 e. The molecule has 1 unspecified atom stereocenters. The zero-order valence-electron chi connectivity index (χ0n) is 9.83. The van der Waals surface area contributed by atoms with Gasteiger partial charge < -0.3 is 10.6 Å². The van der Waals surface area contributed by atoms with Crippen LogP contribution in [0.25, 0.3) is 0 Å². The van der Waals surface area contributed by atoms with Crippen molar-refractivity contribution < 1.29 is 0 Å². The van der Waals surface area contributed by atoms with E-state index in [1.165, 1.54) is 23.5 Å². The topological polar surface area (TPSA) is 24.1 Å². The summed E-state index contributed by atoms with van der Waals surface area (Å²) < 4.78 is 0. The van der Waals surface area contributed by atoms with Gasteiger partial charge in [0.1, 0.15) is 0 Å². The summed E-state index contributed by atoms with van der Waals surface area (Å²) in [7, 11) is 0. The number of anilines is 1. The first-order valence-electron chi connectivity index (χ1n) is 6.06. The molecular formula is C13H20N2S. The minimum absolute atomic E-state index is 0.796. The van der Waals surface area contributed by atoms with Crippen LogP contribution in [0.3, 0.4) is 0 Å². The highest BCUT2D eigenvalue weighted by Crippen LogP contribution is 2.20. The van der Waals surface area contributed by atoms with E-state index < -0.39 is 0 Å². The molecule has 1 fully saturated rings. The first kappa shape index (κ1) is 11.8. The summed E-state index contributed by atoms with van der Waals surface area (Å²) in [4.78, 5) is 1.36. The zero-order valence-corrected chi connectivity index (χ0v) is 10.6. The van der Waals surface area contributed by atoms with Gasteiger partial charge in [0, 0.05) is 17.1 Å². The van der Waals surface area contributed by atoms with Gasteiger partial charge in [-0.1, -0.05) is 6.92 Å². The summed E-state index contributed by atoms with van der Waals surface area (Å²) in [5.74, 6) is 1.94. The van der Waals surface area contributed by atoms with Crippen molar-refractivity contribution in [1.82, 2.24) is 5.32 Å². The van der Waals surface area contributed by atoms with Crippen LogP contribution in [0.1, 0.15) is 13.3 Å². The Bertz CT molecular complexity index is 304. The molecule has 0 bridgehead atoms. The van der Waals surface area contributed by atoms with Gasteiger partial charge >= 0.3 is 0 Å². The van der Waals surface area contributed by atoms with E-state index in [0.717, 1.165) is 24.8 Å². The predicted octanol–water partition coefficient (Wildman–Crippen LogP) is 2.82. The van der Waals surface area contributed by atoms with Gasteiger partial charge in [0.25, 0.3) is 0 Å². The highest BCUT2D eigenvalue weighted by molar-refractivity contribution is 7.99.